The summed E-state index contributed by atoms with van der Waals surface area (Å²) in [4.78, 5) is 0. The molecule has 4 atom stereocenters. The maximum Gasteiger partial charge on any atom is 0.456 e. The van der Waals surface area contributed by atoms with Crippen LogP contribution in [0.3, 0.4) is 0 Å². The van der Waals surface area contributed by atoms with E-state index in [0.29, 0.717) is 0 Å². The Morgan fingerprint density at radius 1 is 1.22 bits per heavy atom. The van der Waals surface area contributed by atoms with E-state index in [1.54, 1.807) is 6.08 Å². The van der Waals surface area contributed by atoms with Gasteiger partial charge in [-0.05, 0) is 43.9 Å². The smallest absolute Gasteiger partial charge is 0.383 e. The normalized spacial score (nSPS) is 38.4. The highest BCUT2D eigenvalue weighted by Crippen LogP contribution is 2.66. The molecule has 0 saturated heterocycles. The summed E-state index contributed by atoms with van der Waals surface area (Å²) in [6.45, 7) is 5.36. The zero-order valence-corrected chi connectivity index (χ0v) is 13.8. The fourth-order valence-electron chi connectivity index (χ4n) is 4.85. The first-order valence-corrected chi connectivity index (χ1v) is 8.32. The van der Waals surface area contributed by atoms with Gasteiger partial charge in [0, 0.05) is 5.41 Å². The summed E-state index contributed by atoms with van der Waals surface area (Å²) in [6.07, 6.45) is -1.81. The van der Waals surface area contributed by atoms with Gasteiger partial charge in [-0.15, -0.1) is 0 Å². The summed E-state index contributed by atoms with van der Waals surface area (Å²) >= 11 is 0. The van der Waals surface area contributed by atoms with Crippen molar-refractivity contribution in [2.45, 2.75) is 77.0 Å². The van der Waals surface area contributed by atoms with Crippen LogP contribution >= 0.6 is 0 Å². The Morgan fingerprint density at radius 2 is 1.83 bits per heavy atom. The number of rotatable bonds is 4. The molecule has 0 amide bonds. The van der Waals surface area contributed by atoms with Crippen LogP contribution in [0.2, 0.25) is 0 Å². The summed E-state index contributed by atoms with van der Waals surface area (Å²) in [5, 5.41) is 10.6. The van der Waals surface area contributed by atoms with Crippen LogP contribution in [0.25, 0.3) is 0 Å². The molecule has 0 aliphatic heterocycles. The number of fused-ring (bicyclic) bond motifs is 1. The highest BCUT2D eigenvalue weighted by Gasteiger charge is 2.78. The van der Waals surface area contributed by atoms with Crippen LogP contribution < -0.4 is 0 Å². The molecule has 23 heavy (non-hydrogen) atoms. The molecule has 0 aromatic rings. The van der Waals surface area contributed by atoms with Crippen molar-refractivity contribution >= 4 is 0 Å². The van der Waals surface area contributed by atoms with Crippen molar-refractivity contribution in [1.82, 2.24) is 0 Å². The van der Waals surface area contributed by atoms with E-state index in [1.807, 2.05) is 13.8 Å². The molecule has 0 aromatic heterocycles. The molecule has 2 rings (SSSR count). The summed E-state index contributed by atoms with van der Waals surface area (Å²) in [6, 6.07) is 0. The quantitative estimate of drug-likeness (QED) is 0.530. The minimum absolute atomic E-state index is 0.0122. The Balaban J connectivity index is 2.49. The largest absolute Gasteiger partial charge is 0.456 e. The van der Waals surface area contributed by atoms with E-state index < -0.39 is 29.5 Å². The molecule has 6 heteroatoms. The van der Waals surface area contributed by atoms with Crippen molar-refractivity contribution in [3.8, 4) is 0 Å². The molecule has 2 aliphatic rings. The maximum atomic E-state index is 14.1. The van der Waals surface area contributed by atoms with Gasteiger partial charge in [0.25, 0.3) is 0 Å². The molecule has 0 bridgehead atoms. The monoisotopic (exact) mass is 340 g/mol. The van der Waals surface area contributed by atoms with Crippen LogP contribution in [0.1, 0.15) is 59.3 Å². The number of allylic oxidation sites excluding steroid dienone is 2. The Bertz CT molecular complexity index is 484. The molecule has 1 N–H and O–H groups in total. The first kappa shape index (κ1) is 18.7. The molecular formula is C17H25F5O. The zero-order valence-electron chi connectivity index (χ0n) is 13.8. The zero-order chi connectivity index (χ0) is 17.7. The topological polar surface area (TPSA) is 20.2 Å². The molecule has 2 aliphatic carbocycles. The van der Waals surface area contributed by atoms with E-state index in [2.05, 4.69) is 0 Å². The number of hydrogen-bond donors (Lipinski definition) is 1. The Morgan fingerprint density at radius 3 is 2.30 bits per heavy atom. The molecule has 1 fully saturated rings. The van der Waals surface area contributed by atoms with Gasteiger partial charge in [-0.2, -0.15) is 22.0 Å². The van der Waals surface area contributed by atoms with Crippen LogP contribution in [0, 0.1) is 17.3 Å². The average molecular weight is 340 g/mol. The Hall–Kier alpha value is -0.650. The predicted molar refractivity (Wildman–Crippen MR) is 78.2 cm³/mol. The standard InChI is InChI=1S/C17H25F5O/c1-4-6-12-11(5-2)7-9-14(3)13(12)8-10-15(14,23)16(18,19)17(20,21)22/h7,12-13,23H,4-6,8-10H2,1-3H3. The lowest BCUT2D eigenvalue weighted by molar-refractivity contribution is -0.360. The maximum absolute atomic E-state index is 14.1. The first-order valence-electron chi connectivity index (χ1n) is 8.32. The van der Waals surface area contributed by atoms with Gasteiger partial charge in [-0.25, -0.2) is 0 Å². The molecule has 0 aromatic carbocycles. The summed E-state index contributed by atoms with van der Waals surface area (Å²) in [7, 11) is 0. The van der Waals surface area contributed by atoms with Crippen molar-refractivity contribution in [3.63, 3.8) is 0 Å². The lowest BCUT2D eigenvalue weighted by Gasteiger charge is -2.51. The van der Waals surface area contributed by atoms with Crippen LogP contribution in [-0.2, 0) is 0 Å². The first-order chi connectivity index (χ1) is 10.5. The number of aliphatic hydroxyl groups is 1. The van der Waals surface area contributed by atoms with Crippen molar-refractivity contribution in [3.05, 3.63) is 11.6 Å². The van der Waals surface area contributed by atoms with Gasteiger partial charge in [0.1, 0.15) is 5.60 Å². The molecule has 0 heterocycles. The molecular weight excluding hydrogens is 315 g/mol. The second kappa shape index (κ2) is 5.71. The minimum atomic E-state index is -5.74. The second-order valence-electron chi connectivity index (χ2n) is 7.23. The lowest BCUT2D eigenvalue weighted by Crippen LogP contribution is -2.64. The van der Waals surface area contributed by atoms with Crippen LogP contribution in [0.4, 0.5) is 22.0 Å². The van der Waals surface area contributed by atoms with E-state index >= 15 is 0 Å². The average Bonchev–Trinajstić information content (AvgIpc) is 2.72. The highest BCUT2D eigenvalue weighted by atomic mass is 19.4. The molecule has 1 saturated carbocycles. The second-order valence-corrected chi connectivity index (χ2v) is 7.23. The van der Waals surface area contributed by atoms with Crippen molar-refractivity contribution < 1.29 is 27.1 Å². The van der Waals surface area contributed by atoms with Crippen molar-refractivity contribution in [2.75, 3.05) is 0 Å². The SMILES string of the molecule is CCCC1C(CC)=CCC2(C)C1CCC2(O)C(F)(F)C(F)(F)F. The predicted octanol–water partition coefficient (Wildman–Crippen LogP) is 5.49. The fraction of sp³-hybridized carbons (Fsp3) is 0.882. The fourth-order valence-corrected chi connectivity index (χ4v) is 4.85. The van der Waals surface area contributed by atoms with Gasteiger partial charge in [-0.1, -0.05) is 38.8 Å². The molecule has 134 valence electrons. The minimum Gasteiger partial charge on any atom is -0.383 e. The van der Waals surface area contributed by atoms with Gasteiger partial charge in [0.05, 0.1) is 0 Å². The van der Waals surface area contributed by atoms with Crippen LogP contribution in [0.15, 0.2) is 11.6 Å². The van der Waals surface area contributed by atoms with Crippen LogP contribution in [-0.4, -0.2) is 22.8 Å². The molecule has 0 spiro atoms. The van der Waals surface area contributed by atoms with E-state index in [4.69, 9.17) is 0 Å². The number of alkyl halides is 5. The third-order valence-electron chi connectivity index (χ3n) is 6.21. The lowest BCUT2D eigenvalue weighted by atomic mass is 9.58. The number of hydrogen-bond acceptors (Lipinski definition) is 1. The Labute approximate surface area is 133 Å². The van der Waals surface area contributed by atoms with Crippen molar-refractivity contribution in [2.24, 2.45) is 17.3 Å². The molecule has 4 unspecified atom stereocenters. The third-order valence-corrected chi connectivity index (χ3v) is 6.21. The third kappa shape index (κ3) is 2.43. The van der Waals surface area contributed by atoms with Crippen molar-refractivity contribution in [1.29, 1.82) is 0 Å². The Kier molecular flexibility index (Phi) is 4.64. The van der Waals surface area contributed by atoms with E-state index in [0.717, 1.165) is 24.8 Å². The van der Waals surface area contributed by atoms with E-state index in [9.17, 15) is 27.1 Å². The summed E-state index contributed by atoms with van der Waals surface area (Å²) in [5.74, 6) is -5.44. The van der Waals surface area contributed by atoms with Gasteiger partial charge < -0.3 is 5.11 Å². The van der Waals surface area contributed by atoms with Crippen LogP contribution in [0.5, 0.6) is 0 Å². The van der Waals surface area contributed by atoms with Gasteiger partial charge in [-0.3, -0.25) is 0 Å². The van der Waals surface area contributed by atoms with E-state index in [1.165, 1.54) is 6.92 Å². The van der Waals surface area contributed by atoms with Gasteiger partial charge in [0.15, 0.2) is 0 Å². The highest BCUT2D eigenvalue weighted by molar-refractivity contribution is 5.25. The molecule has 0 radical (unpaired) electrons. The number of halogens is 5. The summed E-state index contributed by atoms with van der Waals surface area (Å²) < 4.78 is 67.0. The van der Waals surface area contributed by atoms with Gasteiger partial charge >= 0.3 is 12.1 Å². The van der Waals surface area contributed by atoms with E-state index in [-0.39, 0.29) is 24.7 Å². The molecule has 1 nitrogen and oxygen atoms in total. The summed E-state index contributed by atoms with van der Waals surface area (Å²) in [5.41, 5.74) is -3.36. The van der Waals surface area contributed by atoms with Gasteiger partial charge in [0.2, 0.25) is 0 Å².